The number of carbonyl (C=O) groups is 1. The lowest BCUT2D eigenvalue weighted by atomic mass is 10.3. The Kier molecular flexibility index (Phi) is 5.74. The standard InChI is InChI=1S/C13H16N4O3S3/c1-9-15-16-13(22-9)21-8-12(18)14-10-5-4-6-11(7-10)23(19,20)17(2)3/h4-7H,8H2,1-3H3,(H,14,18). The van der Waals surface area contributed by atoms with Crippen molar-refractivity contribution in [1.29, 1.82) is 0 Å². The van der Waals surface area contributed by atoms with E-state index >= 15 is 0 Å². The van der Waals surface area contributed by atoms with Gasteiger partial charge in [-0.2, -0.15) is 0 Å². The van der Waals surface area contributed by atoms with Crippen LogP contribution in [0.5, 0.6) is 0 Å². The average Bonchev–Trinajstić information content (AvgIpc) is 2.91. The number of hydrogen-bond acceptors (Lipinski definition) is 7. The predicted molar refractivity (Wildman–Crippen MR) is 91.3 cm³/mol. The van der Waals surface area contributed by atoms with Gasteiger partial charge in [-0.3, -0.25) is 4.79 Å². The molecule has 0 aliphatic heterocycles. The van der Waals surface area contributed by atoms with Gasteiger partial charge in [0, 0.05) is 19.8 Å². The third kappa shape index (κ3) is 4.74. The van der Waals surface area contributed by atoms with Gasteiger partial charge in [0.05, 0.1) is 10.6 Å². The maximum absolute atomic E-state index is 12.1. The fraction of sp³-hybridized carbons (Fsp3) is 0.308. The fourth-order valence-corrected chi connectivity index (χ4v) is 4.17. The van der Waals surface area contributed by atoms with Crippen LogP contribution in [0.15, 0.2) is 33.5 Å². The zero-order valence-electron chi connectivity index (χ0n) is 12.8. The molecule has 0 aliphatic rings. The molecule has 0 unspecified atom stereocenters. The smallest absolute Gasteiger partial charge is 0.242 e. The van der Waals surface area contributed by atoms with Crippen LogP contribution < -0.4 is 5.32 Å². The van der Waals surface area contributed by atoms with Crippen molar-refractivity contribution in [2.24, 2.45) is 0 Å². The van der Waals surface area contributed by atoms with E-state index in [1.54, 1.807) is 12.1 Å². The minimum absolute atomic E-state index is 0.132. The van der Waals surface area contributed by atoms with E-state index in [0.717, 1.165) is 13.7 Å². The molecule has 124 valence electrons. The fourth-order valence-electron chi connectivity index (χ4n) is 1.61. The van der Waals surface area contributed by atoms with Gasteiger partial charge in [-0.25, -0.2) is 12.7 Å². The van der Waals surface area contributed by atoms with Gasteiger partial charge < -0.3 is 5.32 Å². The highest BCUT2D eigenvalue weighted by Crippen LogP contribution is 2.22. The summed E-state index contributed by atoms with van der Waals surface area (Å²) in [5.74, 6) is -0.0542. The summed E-state index contributed by atoms with van der Waals surface area (Å²) in [6, 6.07) is 6.16. The number of thioether (sulfide) groups is 1. The number of amides is 1. The van der Waals surface area contributed by atoms with Crippen LogP contribution in [0.3, 0.4) is 0 Å². The Morgan fingerprint density at radius 1 is 1.35 bits per heavy atom. The van der Waals surface area contributed by atoms with Crippen LogP contribution in [0.25, 0.3) is 0 Å². The van der Waals surface area contributed by atoms with Crippen molar-refractivity contribution in [3.63, 3.8) is 0 Å². The lowest BCUT2D eigenvalue weighted by Gasteiger charge is -2.12. The van der Waals surface area contributed by atoms with Crippen molar-refractivity contribution in [3.8, 4) is 0 Å². The summed E-state index contributed by atoms with van der Waals surface area (Å²) in [7, 11) is -0.608. The largest absolute Gasteiger partial charge is 0.325 e. The highest BCUT2D eigenvalue weighted by Gasteiger charge is 2.17. The number of hydrogen-bond donors (Lipinski definition) is 1. The van der Waals surface area contributed by atoms with Crippen LogP contribution >= 0.6 is 23.1 Å². The molecule has 10 heteroatoms. The number of aromatic nitrogens is 2. The molecule has 1 aromatic carbocycles. The first-order valence-electron chi connectivity index (χ1n) is 6.54. The Morgan fingerprint density at radius 2 is 2.09 bits per heavy atom. The number of nitrogens with one attached hydrogen (secondary N) is 1. The molecule has 1 heterocycles. The van der Waals surface area contributed by atoms with Crippen molar-refractivity contribution < 1.29 is 13.2 Å². The Bertz CT molecular complexity index is 802. The molecule has 0 atom stereocenters. The molecular formula is C13H16N4O3S3. The molecule has 0 radical (unpaired) electrons. The number of sulfonamides is 1. The summed E-state index contributed by atoms with van der Waals surface area (Å²) in [5, 5.41) is 11.3. The number of rotatable bonds is 6. The minimum Gasteiger partial charge on any atom is -0.325 e. The highest BCUT2D eigenvalue weighted by atomic mass is 32.2. The van der Waals surface area contributed by atoms with Crippen LogP contribution in [0.1, 0.15) is 5.01 Å². The second-order valence-electron chi connectivity index (χ2n) is 4.74. The second-order valence-corrected chi connectivity index (χ2v) is 9.30. The second kappa shape index (κ2) is 7.39. The topological polar surface area (TPSA) is 92.3 Å². The van der Waals surface area contributed by atoms with E-state index in [2.05, 4.69) is 15.5 Å². The van der Waals surface area contributed by atoms with Gasteiger partial charge in [0.1, 0.15) is 5.01 Å². The van der Waals surface area contributed by atoms with Gasteiger partial charge in [-0.05, 0) is 25.1 Å². The first-order valence-corrected chi connectivity index (χ1v) is 9.78. The summed E-state index contributed by atoms with van der Waals surface area (Å²) in [6.45, 7) is 1.85. The van der Waals surface area contributed by atoms with E-state index in [9.17, 15) is 13.2 Å². The number of nitrogens with zero attached hydrogens (tertiary/aromatic N) is 3. The maximum Gasteiger partial charge on any atom is 0.242 e. The lowest BCUT2D eigenvalue weighted by Crippen LogP contribution is -2.22. The van der Waals surface area contributed by atoms with Crippen molar-refractivity contribution in [2.75, 3.05) is 25.2 Å². The van der Waals surface area contributed by atoms with Crippen molar-refractivity contribution in [2.45, 2.75) is 16.2 Å². The number of anilines is 1. The van der Waals surface area contributed by atoms with Crippen LogP contribution in [0, 0.1) is 6.92 Å². The third-order valence-corrected chi connectivity index (χ3v) is 6.51. The molecule has 1 aromatic heterocycles. The highest BCUT2D eigenvalue weighted by molar-refractivity contribution is 8.01. The van der Waals surface area contributed by atoms with E-state index < -0.39 is 10.0 Å². The molecule has 0 saturated carbocycles. The van der Waals surface area contributed by atoms with Gasteiger partial charge >= 0.3 is 0 Å². The SMILES string of the molecule is Cc1nnc(SCC(=O)Nc2cccc(S(=O)(=O)N(C)C)c2)s1. The normalized spacial score (nSPS) is 11.7. The van der Waals surface area contributed by atoms with Gasteiger partial charge in [0.2, 0.25) is 15.9 Å². The maximum atomic E-state index is 12.1. The molecule has 2 rings (SSSR count). The van der Waals surface area contributed by atoms with E-state index in [4.69, 9.17) is 0 Å². The first-order chi connectivity index (χ1) is 10.8. The van der Waals surface area contributed by atoms with E-state index in [0.29, 0.717) is 5.69 Å². The van der Waals surface area contributed by atoms with Crippen molar-refractivity contribution in [1.82, 2.24) is 14.5 Å². The zero-order valence-corrected chi connectivity index (χ0v) is 15.3. The predicted octanol–water partition coefficient (Wildman–Crippen LogP) is 1.83. The van der Waals surface area contributed by atoms with Crippen molar-refractivity contribution in [3.05, 3.63) is 29.3 Å². The quantitative estimate of drug-likeness (QED) is 0.778. The number of aryl methyl sites for hydroxylation is 1. The summed E-state index contributed by atoms with van der Waals surface area (Å²) in [4.78, 5) is 12.1. The van der Waals surface area contributed by atoms with Gasteiger partial charge in [-0.1, -0.05) is 29.2 Å². The Balaban J connectivity index is 2.01. The Hall–Kier alpha value is -1.49. The lowest BCUT2D eigenvalue weighted by molar-refractivity contribution is -0.113. The van der Waals surface area contributed by atoms with Crippen LogP contribution in [-0.4, -0.2) is 48.7 Å². The Labute approximate surface area is 143 Å². The van der Waals surface area contributed by atoms with Crippen molar-refractivity contribution >= 4 is 44.7 Å². The summed E-state index contributed by atoms with van der Waals surface area (Å²) < 4.78 is 26.0. The monoisotopic (exact) mass is 372 g/mol. The molecule has 0 aliphatic carbocycles. The van der Waals surface area contributed by atoms with E-state index in [-0.39, 0.29) is 16.6 Å². The molecular weight excluding hydrogens is 356 g/mol. The first kappa shape index (κ1) is 17.9. The molecule has 1 amide bonds. The van der Waals surface area contributed by atoms with Gasteiger partial charge in [0.25, 0.3) is 0 Å². The van der Waals surface area contributed by atoms with Crippen LogP contribution in [0.2, 0.25) is 0 Å². The third-order valence-electron chi connectivity index (χ3n) is 2.73. The number of benzene rings is 1. The average molecular weight is 372 g/mol. The molecule has 0 bridgehead atoms. The Morgan fingerprint density at radius 3 is 2.70 bits per heavy atom. The summed E-state index contributed by atoms with van der Waals surface area (Å²) >= 11 is 2.71. The van der Waals surface area contributed by atoms with Crippen LogP contribution in [-0.2, 0) is 14.8 Å². The van der Waals surface area contributed by atoms with Crippen LogP contribution in [0.4, 0.5) is 5.69 Å². The summed E-state index contributed by atoms with van der Waals surface area (Å²) in [6.07, 6.45) is 0. The molecule has 2 aromatic rings. The molecule has 0 fully saturated rings. The molecule has 23 heavy (non-hydrogen) atoms. The zero-order chi connectivity index (χ0) is 17.0. The molecule has 0 spiro atoms. The molecule has 0 saturated heterocycles. The van der Waals surface area contributed by atoms with Gasteiger partial charge in [-0.15, -0.1) is 10.2 Å². The van der Waals surface area contributed by atoms with E-state index in [1.807, 2.05) is 6.92 Å². The molecule has 7 nitrogen and oxygen atoms in total. The van der Waals surface area contributed by atoms with Gasteiger partial charge in [0.15, 0.2) is 4.34 Å². The van der Waals surface area contributed by atoms with E-state index in [1.165, 1.54) is 49.3 Å². The molecule has 1 N–H and O–H groups in total. The summed E-state index contributed by atoms with van der Waals surface area (Å²) in [5.41, 5.74) is 0.437. The number of carbonyl (C=O) groups excluding carboxylic acids is 1. The minimum atomic E-state index is -3.53.